The SMILES string of the molecule is CNC(=O)c1ccc(CN=C(N)Nc2ccccc2OC)cc1.I. The first-order chi connectivity index (χ1) is 11.1. The van der Waals surface area contributed by atoms with Gasteiger partial charge in [0.05, 0.1) is 19.3 Å². The van der Waals surface area contributed by atoms with Crippen LogP contribution in [0.15, 0.2) is 53.5 Å². The molecule has 0 aliphatic heterocycles. The lowest BCUT2D eigenvalue weighted by atomic mass is 10.1. The predicted octanol–water partition coefficient (Wildman–Crippen LogP) is 2.60. The third-order valence-electron chi connectivity index (χ3n) is 3.24. The molecule has 0 aliphatic rings. The zero-order valence-corrected chi connectivity index (χ0v) is 15.9. The number of aliphatic imine (C=N–C) groups is 1. The van der Waals surface area contributed by atoms with Crippen molar-refractivity contribution in [3.63, 3.8) is 0 Å². The van der Waals surface area contributed by atoms with Crippen molar-refractivity contribution in [2.45, 2.75) is 6.54 Å². The van der Waals surface area contributed by atoms with Crippen LogP contribution in [-0.2, 0) is 6.54 Å². The first-order valence-corrected chi connectivity index (χ1v) is 7.15. The van der Waals surface area contributed by atoms with E-state index in [0.717, 1.165) is 11.3 Å². The Bertz CT molecular complexity index is 702. The molecule has 2 aromatic carbocycles. The number of carbonyl (C=O) groups excluding carboxylic acids is 1. The van der Waals surface area contributed by atoms with Gasteiger partial charge in [-0.1, -0.05) is 24.3 Å². The fourth-order valence-corrected chi connectivity index (χ4v) is 2.01. The molecule has 2 rings (SSSR count). The summed E-state index contributed by atoms with van der Waals surface area (Å²) < 4.78 is 5.24. The van der Waals surface area contributed by atoms with Crippen molar-refractivity contribution in [3.05, 3.63) is 59.7 Å². The molecule has 0 bridgehead atoms. The van der Waals surface area contributed by atoms with E-state index in [1.165, 1.54) is 0 Å². The monoisotopic (exact) mass is 440 g/mol. The fraction of sp³-hybridized carbons (Fsp3) is 0.176. The summed E-state index contributed by atoms with van der Waals surface area (Å²) in [5, 5.41) is 5.59. The molecule has 0 heterocycles. The summed E-state index contributed by atoms with van der Waals surface area (Å²) in [5.74, 6) is 0.878. The number of methoxy groups -OCH3 is 1. The highest BCUT2D eigenvalue weighted by atomic mass is 127. The Hall–Kier alpha value is -2.29. The van der Waals surface area contributed by atoms with Gasteiger partial charge < -0.3 is 21.1 Å². The summed E-state index contributed by atoms with van der Waals surface area (Å²) >= 11 is 0. The van der Waals surface area contributed by atoms with E-state index in [0.29, 0.717) is 23.8 Å². The molecule has 0 aliphatic carbocycles. The lowest BCUT2D eigenvalue weighted by Gasteiger charge is -2.10. The largest absolute Gasteiger partial charge is 0.495 e. The predicted molar refractivity (Wildman–Crippen MR) is 107 cm³/mol. The molecule has 6 nitrogen and oxygen atoms in total. The molecule has 1 amide bonds. The van der Waals surface area contributed by atoms with Crippen LogP contribution in [0.5, 0.6) is 5.75 Å². The van der Waals surface area contributed by atoms with Gasteiger partial charge in [-0.15, -0.1) is 24.0 Å². The quantitative estimate of drug-likeness (QED) is 0.379. The summed E-state index contributed by atoms with van der Waals surface area (Å²) in [7, 11) is 3.20. The second-order valence-corrected chi connectivity index (χ2v) is 4.80. The van der Waals surface area contributed by atoms with Gasteiger partial charge in [-0.3, -0.25) is 4.79 Å². The Morgan fingerprint density at radius 3 is 2.46 bits per heavy atom. The van der Waals surface area contributed by atoms with Crippen LogP contribution in [0.25, 0.3) is 0 Å². The van der Waals surface area contributed by atoms with Crippen LogP contribution < -0.4 is 21.1 Å². The molecule has 2 aromatic rings. The van der Waals surface area contributed by atoms with Crippen molar-refractivity contribution in [3.8, 4) is 5.75 Å². The minimum atomic E-state index is -0.114. The molecule has 0 saturated carbocycles. The minimum Gasteiger partial charge on any atom is -0.495 e. The van der Waals surface area contributed by atoms with Crippen LogP contribution in [0.1, 0.15) is 15.9 Å². The summed E-state index contributed by atoms with van der Waals surface area (Å²) in [4.78, 5) is 15.8. The molecule has 0 atom stereocenters. The smallest absolute Gasteiger partial charge is 0.251 e. The van der Waals surface area contributed by atoms with Crippen molar-refractivity contribution >= 4 is 41.5 Å². The van der Waals surface area contributed by atoms with Crippen molar-refractivity contribution < 1.29 is 9.53 Å². The number of nitrogens with one attached hydrogen (secondary N) is 2. The van der Waals surface area contributed by atoms with Crippen molar-refractivity contribution in [2.75, 3.05) is 19.5 Å². The van der Waals surface area contributed by atoms with Gasteiger partial charge in [0, 0.05) is 12.6 Å². The number of hydrogen-bond donors (Lipinski definition) is 3. The topological polar surface area (TPSA) is 88.7 Å². The number of hydrogen-bond acceptors (Lipinski definition) is 3. The molecule has 0 aromatic heterocycles. The second-order valence-electron chi connectivity index (χ2n) is 4.80. The Morgan fingerprint density at radius 1 is 1.17 bits per heavy atom. The Kier molecular flexibility index (Phi) is 8.03. The molecule has 0 radical (unpaired) electrons. The number of anilines is 1. The maximum absolute atomic E-state index is 11.5. The number of halogens is 1. The van der Waals surface area contributed by atoms with Crippen LogP contribution in [-0.4, -0.2) is 26.0 Å². The van der Waals surface area contributed by atoms with Gasteiger partial charge in [-0.2, -0.15) is 0 Å². The summed E-state index contributed by atoms with van der Waals surface area (Å²) in [6.45, 7) is 0.419. The third-order valence-corrected chi connectivity index (χ3v) is 3.24. The first kappa shape index (κ1) is 19.8. The first-order valence-electron chi connectivity index (χ1n) is 7.15. The number of benzene rings is 2. The van der Waals surface area contributed by atoms with Gasteiger partial charge in [-0.25, -0.2) is 4.99 Å². The van der Waals surface area contributed by atoms with E-state index < -0.39 is 0 Å². The van der Waals surface area contributed by atoms with Crippen LogP contribution in [0, 0.1) is 0 Å². The Morgan fingerprint density at radius 2 is 1.83 bits per heavy atom. The van der Waals surface area contributed by atoms with E-state index in [2.05, 4.69) is 15.6 Å². The molecular weight excluding hydrogens is 419 g/mol. The average Bonchev–Trinajstić information content (AvgIpc) is 2.60. The Balaban J connectivity index is 0.00000288. The van der Waals surface area contributed by atoms with Gasteiger partial charge in [-0.05, 0) is 29.8 Å². The lowest BCUT2D eigenvalue weighted by Crippen LogP contribution is -2.23. The fourth-order valence-electron chi connectivity index (χ4n) is 2.01. The lowest BCUT2D eigenvalue weighted by molar-refractivity contribution is 0.0963. The highest BCUT2D eigenvalue weighted by Gasteiger charge is 2.04. The molecule has 24 heavy (non-hydrogen) atoms. The van der Waals surface area contributed by atoms with E-state index in [4.69, 9.17) is 10.5 Å². The molecule has 0 fully saturated rings. The number of guanidine groups is 1. The highest BCUT2D eigenvalue weighted by Crippen LogP contribution is 2.22. The highest BCUT2D eigenvalue weighted by molar-refractivity contribution is 14.0. The van der Waals surface area contributed by atoms with Crippen LogP contribution in [0.2, 0.25) is 0 Å². The van der Waals surface area contributed by atoms with Gasteiger partial charge in [0.25, 0.3) is 5.91 Å². The maximum Gasteiger partial charge on any atom is 0.251 e. The molecule has 0 spiro atoms. The maximum atomic E-state index is 11.5. The zero-order valence-electron chi connectivity index (χ0n) is 13.6. The standard InChI is InChI=1S/C17H20N4O2.HI/c1-19-16(22)13-9-7-12(8-10-13)11-20-17(18)21-14-5-3-4-6-15(14)23-2;/h3-10H,11H2,1-2H3,(H,19,22)(H3,18,20,21);1H. The van der Waals surface area contributed by atoms with E-state index in [9.17, 15) is 4.79 Å². The van der Waals surface area contributed by atoms with Crippen LogP contribution in [0.3, 0.4) is 0 Å². The number of ether oxygens (including phenoxy) is 1. The molecule has 128 valence electrons. The Labute approximate surface area is 158 Å². The van der Waals surface area contributed by atoms with E-state index >= 15 is 0 Å². The van der Waals surface area contributed by atoms with E-state index in [-0.39, 0.29) is 29.9 Å². The third kappa shape index (κ3) is 5.41. The van der Waals surface area contributed by atoms with E-state index in [1.807, 2.05) is 36.4 Å². The minimum absolute atomic E-state index is 0. The number of nitrogens with zero attached hydrogens (tertiary/aromatic N) is 1. The molecular formula is C17H21IN4O2. The number of carbonyl (C=O) groups is 1. The average molecular weight is 440 g/mol. The molecule has 0 unspecified atom stereocenters. The van der Waals surface area contributed by atoms with Crippen molar-refractivity contribution in [2.24, 2.45) is 10.7 Å². The zero-order chi connectivity index (χ0) is 16.7. The van der Waals surface area contributed by atoms with Gasteiger partial charge in [0.2, 0.25) is 0 Å². The normalized spacial score (nSPS) is 10.5. The molecule has 4 N–H and O–H groups in total. The van der Waals surface area contributed by atoms with E-state index in [1.54, 1.807) is 26.3 Å². The van der Waals surface area contributed by atoms with Crippen molar-refractivity contribution in [1.29, 1.82) is 0 Å². The summed E-state index contributed by atoms with van der Waals surface area (Å²) in [5.41, 5.74) is 8.22. The van der Waals surface area contributed by atoms with Crippen LogP contribution >= 0.6 is 24.0 Å². The van der Waals surface area contributed by atoms with Gasteiger partial charge in [0.1, 0.15) is 5.75 Å². The van der Waals surface area contributed by atoms with Crippen molar-refractivity contribution in [1.82, 2.24) is 5.32 Å². The molecule has 7 heteroatoms. The van der Waals surface area contributed by atoms with Gasteiger partial charge >= 0.3 is 0 Å². The summed E-state index contributed by atoms with van der Waals surface area (Å²) in [6, 6.07) is 14.7. The number of amides is 1. The second kappa shape index (κ2) is 9.76. The number of rotatable bonds is 5. The van der Waals surface area contributed by atoms with Crippen LogP contribution in [0.4, 0.5) is 5.69 Å². The number of para-hydroxylation sites is 2. The van der Waals surface area contributed by atoms with Gasteiger partial charge in [0.15, 0.2) is 5.96 Å². The number of nitrogens with two attached hydrogens (primary N) is 1. The molecule has 0 saturated heterocycles. The summed E-state index contributed by atoms with van der Waals surface area (Å²) in [6.07, 6.45) is 0.